The number of hydrogen-bond acceptors (Lipinski definition) is 4. The number of carbonyl (C=O) groups is 1. The van der Waals surface area contributed by atoms with E-state index in [0.717, 1.165) is 17.7 Å². The second-order valence-corrected chi connectivity index (χ2v) is 5.98. The molecule has 1 heterocycles. The first-order chi connectivity index (χ1) is 11.5. The number of rotatable bonds is 7. The third kappa shape index (κ3) is 4.14. The van der Waals surface area contributed by atoms with E-state index in [1.165, 1.54) is 0 Å². The third-order valence-electron chi connectivity index (χ3n) is 4.18. The van der Waals surface area contributed by atoms with Gasteiger partial charge < -0.3 is 15.2 Å². The summed E-state index contributed by atoms with van der Waals surface area (Å²) in [6, 6.07) is 7.41. The van der Waals surface area contributed by atoms with Gasteiger partial charge in [-0.3, -0.25) is 4.79 Å². The molecule has 2 N–H and O–H groups in total. The standard InChI is InChI=1S/C18H25N3O3/c1-5-13(3)16(22)11-19-18(23)14-8-9-21(20-14)15-10-12(2)6-7-17(15)24-4/h6-10,13,16,22H,5,11H2,1-4H3,(H,19,23). The average Bonchev–Trinajstić information content (AvgIpc) is 3.08. The molecule has 0 bridgehead atoms. The van der Waals surface area contributed by atoms with Crippen LogP contribution < -0.4 is 10.1 Å². The Labute approximate surface area is 142 Å². The summed E-state index contributed by atoms with van der Waals surface area (Å²) >= 11 is 0. The molecule has 0 fully saturated rings. The van der Waals surface area contributed by atoms with Gasteiger partial charge in [-0.25, -0.2) is 4.68 Å². The van der Waals surface area contributed by atoms with Crippen LogP contribution in [0.1, 0.15) is 36.3 Å². The molecule has 1 aromatic heterocycles. The van der Waals surface area contributed by atoms with Crippen molar-refractivity contribution in [2.45, 2.75) is 33.3 Å². The van der Waals surface area contributed by atoms with Crippen LogP contribution in [0.5, 0.6) is 5.75 Å². The first kappa shape index (κ1) is 18.0. The van der Waals surface area contributed by atoms with Crippen LogP contribution in [0.15, 0.2) is 30.5 Å². The molecule has 0 aliphatic heterocycles. The molecule has 1 aromatic carbocycles. The highest BCUT2D eigenvalue weighted by Crippen LogP contribution is 2.23. The molecule has 0 saturated carbocycles. The lowest BCUT2D eigenvalue weighted by Crippen LogP contribution is -2.35. The third-order valence-corrected chi connectivity index (χ3v) is 4.18. The Hall–Kier alpha value is -2.34. The van der Waals surface area contributed by atoms with Crippen molar-refractivity contribution in [1.29, 1.82) is 0 Å². The first-order valence-electron chi connectivity index (χ1n) is 8.13. The fourth-order valence-electron chi connectivity index (χ4n) is 2.32. The minimum atomic E-state index is -0.557. The van der Waals surface area contributed by atoms with Crippen LogP contribution in [0.4, 0.5) is 0 Å². The van der Waals surface area contributed by atoms with Crippen LogP contribution in [0, 0.1) is 12.8 Å². The summed E-state index contributed by atoms with van der Waals surface area (Å²) in [6.07, 6.45) is 2.02. The number of amides is 1. The fourth-order valence-corrected chi connectivity index (χ4v) is 2.32. The Kier molecular flexibility index (Phi) is 5.98. The number of aliphatic hydroxyl groups excluding tert-OH is 1. The Morgan fingerprint density at radius 1 is 1.42 bits per heavy atom. The fraction of sp³-hybridized carbons (Fsp3) is 0.444. The number of hydrogen-bond donors (Lipinski definition) is 2. The molecule has 6 heteroatoms. The van der Waals surface area contributed by atoms with E-state index in [-0.39, 0.29) is 18.4 Å². The predicted octanol–water partition coefficient (Wildman–Crippen LogP) is 2.33. The first-order valence-corrected chi connectivity index (χ1v) is 8.13. The van der Waals surface area contributed by atoms with E-state index in [1.54, 1.807) is 24.1 Å². The van der Waals surface area contributed by atoms with Gasteiger partial charge in [0.2, 0.25) is 0 Å². The lowest BCUT2D eigenvalue weighted by atomic mass is 10.0. The number of aryl methyl sites for hydroxylation is 1. The number of aliphatic hydroxyl groups is 1. The summed E-state index contributed by atoms with van der Waals surface area (Å²) in [6.45, 7) is 6.16. The number of ether oxygens (including phenoxy) is 1. The lowest BCUT2D eigenvalue weighted by Gasteiger charge is -2.17. The molecule has 2 aromatic rings. The van der Waals surface area contributed by atoms with Crippen LogP contribution in [0.25, 0.3) is 5.69 Å². The maximum Gasteiger partial charge on any atom is 0.271 e. The molecule has 0 aliphatic rings. The molecular weight excluding hydrogens is 306 g/mol. The zero-order valence-corrected chi connectivity index (χ0v) is 14.6. The molecule has 2 rings (SSSR count). The van der Waals surface area contributed by atoms with Crippen molar-refractivity contribution in [3.8, 4) is 11.4 Å². The number of nitrogens with zero attached hydrogens (tertiary/aromatic N) is 2. The number of benzene rings is 1. The van der Waals surface area contributed by atoms with E-state index in [2.05, 4.69) is 10.4 Å². The number of carbonyl (C=O) groups excluding carboxylic acids is 1. The average molecular weight is 331 g/mol. The van der Waals surface area contributed by atoms with Crippen molar-refractivity contribution >= 4 is 5.91 Å². The van der Waals surface area contributed by atoms with Gasteiger partial charge in [0, 0.05) is 12.7 Å². The Morgan fingerprint density at radius 3 is 2.83 bits per heavy atom. The minimum Gasteiger partial charge on any atom is -0.494 e. The SMILES string of the molecule is CCC(C)C(O)CNC(=O)c1ccn(-c2cc(C)ccc2OC)n1. The van der Waals surface area contributed by atoms with Crippen molar-refractivity contribution in [3.63, 3.8) is 0 Å². The van der Waals surface area contributed by atoms with Gasteiger partial charge in [0.25, 0.3) is 5.91 Å². The Morgan fingerprint density at radius 2 is 2.17 bits per heavy atom. The monoisotopic (exact) mass is 331 g/mol. The Bertz CT molecular complexity index is 697. The van der Waals surface area contributed by atoms with Crippen LogP contribution in [-0.4, -0.2) is 40.6 Å². The molecule has 0 radical (unpaired) electrons. The summed E-state index contributed by atoms with van der Waals surface area (Å²) in [5.41, 5.74) is 2.15. The van der Waals surface area contributed by atoms with Crippen molar-refractivity contribution in [2.75, 3.05) is 13.7 Å². The summed E-state index contributed by atoms with van der Waals surface area (Å²) in [5.74, 6) is 0.519. The van der Waals surface area contributed by atoms with E-state index in [0.29, 0.717) is 11.4 Å². The molecule has 24 heavy (non-hydrogen) atoms. The topological polar surface area (TPSA) is 76.4 Å². The van der Waals surface area contributed by atoms with Crippen LogP contribution in [0.2, 0.25) is 0 Å². The molecule has 6 nitrogen and oxygen atoms in total. The smallest absolute Gasteiger partial charge is 0.271 e. The molecular formula is C18H25N3O3. The van der Waals surface area contributed by atoms with Gasteiger partial charge >= 0.3 is 0 Å². The van der Waals surface area contributed by atoms with Gasteiger partial charge in [-0.15, -0.1) is 0 Å². The molecule has 2 atom stereocenters. The highest BCUT2D eigenvalue weighted by Gasteiger charge is 2.16. The normalized spacial score (nSPS) is 13.4. The lowest BCUT2D eigenvalue weighted by molar-refractivity contribution is 0.0845. The quantitative estimate of drug-likeness (QED) is 0.816. The van der Waals surface area contributed by atoms with Crippen molar-refractivity contribution in [1.82, 2.24) is 15.1 Å². The highest BCUT2D eigenvalue weighted by molar-refractivity contribution is 5.92. The maximum absolute atomic E-state index is 12.2. The summed E-state index contributed by atoms with van der Waals surface area (Å²) in [4.78, 5) is 12.2. The second kappa shape index (κ2) is 7.97. The zero-order valence-electron chi connectivity index (χ0n) is 14.6. The van der Waals surface area contributed by atoms with Gasteiger partial charge in [0.05, 0.1) is 13.2 Å². The molecule has 0 spiro atoms. The van der Waals surface area contributed by atoms with E-state index in [1.807, 2.05) is 39.0 Å². The second-order valence-electron chi connectivity index (χ2n) is 5.98. The zero-order chi connectivity index (χ0) is 17.7. The number of nitrogens with one attached hydrogen (secondary N) is 1. The number of aromatic nitrogens is 2. The summed E-state index contributed by atoms with van der Waals surface area (Å²) in [7, 11) is 1.60. The van der Waals surface area contributed by atoms with Crippen molar-refractivity contribution < 1.29 is 14.6 Å². The van der Waals surface area contributed by atoms with E-state index in [9.17, 15) is 9.90 Å². The molecule has 130 valence electrons. The Balaban J connectivity index is 2.10. The van der Waals surface area contributed by atoms with Crippen LogP contribution in [-0.2, 0) is 0 Å². The van der Waals surface area contributed by atoms with Crippen LogP contribution >= 0.6 is 0 Å². The van der Waals surface area contributed by atoms with Gasteiger partial charge in [-0.05, 0) is 36.6 Å². The molecule has 1 amide bonds. The van der Waals surface area contributed by atoms with Gasteiger partial charge in [0.15, 0.2) is 5.69 Å². The summed E-state index contributed by atoms with van der Waals surface area (Å²) < 4.78 is 6.96. The van der Waals surface area contributed by atoms with Gasteiger partial charge in [-0.1, -0.05) is 26.3 Å². The molecule has 0 saturated heterocycles. The summed E-state index contributed by atoms with van der Waals surface area (Å²) in [5, 5.41) is 17.0. The van der Waals surface area contributed by atoms with E-state index in [4.69, 9.17) is 4.74 Å². The highest BCUT2D eigenvalue weighted by atomic mass is 16.5. The number of methoxy groups -OCH3 is 1. The van der Waals surface area contributed by atoms with Crippen molar-refractivity contribution in [3.05, 3.63) is 41.7 Å². The molecule has 2 unspecified atom stereocenters. The van der Waals surface area contributed by atoms with E-state index >= 15 is 0 Å². The largest absolute Gasteiger partial charge is 0.494 e. The predicted molar refractivity (Wildman–Crippen MR) is 92.6 cm³/mol. The van der Waals surface area contributed by atoms with Crippen LogP contribution in [0.3, 0.4) is 0 Å². The maximum atomic E-state index is 12.2. The molecule has 0 aliphatic carbocycles. The minimum absolute atomic E-state index is 0.138. The van der Waals surface area contributed by atoms with Crippen molar-refractivity contribution in [2.24, 2.45) is 5.92 Å². The van der Waals surface area contributed by atoms with Gasteiger partial charge in [0.1, 0.15) is 11.4 Å². The van der Waals surface area contributed by atoms with E-state index < -0.39 is 6.10 Å². The van der Waals surface area contributed by atoms with Gasteiger partial charge in [-0.2, -0.15) is 5.10 Å².